The molecule has 1 aliphatic rings. The standard InChI is InChI=1S/C19H17ClF2N2S/c1-12-5-3-4-6-14(12)18-15-9-13(20)7-8-16(15)24(11-19(2,21)22)17(25)10-23-18/h3-9H,10-11H2,1-2H3. The molecule has 2 aromatic carbocycles. The number of benzodiazepines with no additional fused rings is 1. The van der Waals surface area contributed by atoms with E-state index in [2.05, 4.69) is 4.99 Å². The number of fused-ring (bicyclic) bond motifs is 1. The molecule has 0 bridgehead atoms. The molecule has 25 heavy (non-hydrogen) atoms. The summed E-state index contributed by atoms with van der Waals surface area (Å²) in [5.41, 5.74) is 4.03. The first-order valence-corrected chi connectivity index (χ1v) is 8.63. The summed E-state index contributed by atoms with van der Waals surface area (Å²) in [5.74, 6) is -2.88. The number of thiocarbonyl (C=S) groups is 1. The maximum atomic E-state index is 13.7. The number of aryl methyl sites for hydroxylation is 1. The Balaban J connectivity index is 2.19. The highest BCUT2D eigenvalue weighted by molar-refractivity contribution is 7.80. The van der Waals surface area contributed by atoms with E-state index in [4.69, 9.17) is 23.8 Å². The number of alkyl halides is 2. The van der Waals surface area contributed by atoms with Gasteiger partial charge in [0.2, 0.25) is 0 Å². The molecule has 0 N–H and O–H groups in total. The normalized spacial score (nSPS) is 14.8. The van der Waals surface area contributed by atoms with Gasteiger partial charge in [-0.15, -0.1) is 0 Å². The summed E-state index contributed by atoms with van der Waals surface area (Å²) in [4.78, 5) is 6.47. The molecule has 6 heteroatoms. The number of benzene rings is 2. The average molecular weight is 379 g/mol. The van der Waals surface area contributed by atoms with Crippen molar-refractivity contribution in [3.63, 3.8) is 0 Å². The zero-order chi connectivity index (χ0) is 18.2. The lowest BCUT2D eigenvalue weighted by Crippen LogP contribution is -2.39. The van der Waals surface area contributed by atoms with E-state index in [0.29, 0.717) is 21.3 Å². The summed E-state index contributed by atoms with van der Waals surface area (Å²) in [6.07, 6.45) is 0. The molecule has 1 heterocycles. The van der Waals surface area contributed by atoms with Crippen LogP contribution in [0.25, 0.3) is 0 Å². The number of aliphatic imine (C=N–C) groups is 1. The van der Waals surface area contributed by atoms with Crippen molar-refractivity contribution in [1.82, 2.24) is 0 Å². The first-order valence-electron chi connectivity index (χ1n) is 7.85. The smallest absolute Gasteiger partial charge is 0.262 e. The van der Waals surface area contributed by atoms with Crippen LogP contribution in [0.5, 0.6) is 0 Å². The Labute approximate surface area is 156 Å². The lowest BCUT2D eigenvalue weighted by atomic mass is 9.96. The quantitative estimate of drug-likeness (QED) is 0.674. The van der Waals surface area contributed by atoms with E-state index < -0.39 is 12.5 Å². The van der Waals surface area contributed by atoms with Gasteiger partial charge in [-0.05, 0) is 30.7 Å². The van der Waals surface area contributed by atoms with Crippen molar-refractivity contribution in [3.8, 4) is 0 Å². The molecule has 0 atom stereocenters. The van der Waals surface area contributed by atoms with Crippen molar-refractivity contribution in [1.29, 1.82) is 0 Å². The first kappa shape index (κ1) is 18.0. The van der Waals surface area contributed by atoms with E-state index in [1.807, 2.05) is 31.2 Å². The highest BCUT2D eigenvalue weighted by Gasteiger charge is 2.31. The maximum absolute atomic E-state index is 13.7. The fourth-order valence-corrected chi connectivity index (χ4v) is 3.30. The van der Waals surface area contributed by atoms with Crippen LogP contribution in [0.1, 0.15) is 23.6 Å². The zero-order valence-electron chi connectivity index (χ0n) is 13.9. The molecule has 1 aliphatic heterocycles. The van der Waals surface area contributed by atoms with Crippen molar-refractivity contribution >= 4 is 40.2 Å². The second-order valence-corrected chi connectivity index (χ2v) is 7.10. The molecule has 0 saturated carbocycles. The van der Waals surface area contributed by atoms with E-state index in [9.17, 15) is 8.78 Å². The van der Waals surface area contributed by atoms with Crippen LogP contribution in [0.2, 0.25) is 5.02 Å². The third kappa shape index (κ3) is 3.88. The van der Waals surface area contributed by atoms with Crippen molar-refractivity contribution in [2.24, 2.45) is 4.99 Å². The molecular weight excluding hydrogens is 362 g/mol. The predicted octanol–water partition coefficient (Wildman–Crippen LogP) is 5.29. The molecule has 3 rings (SSSR count). The van der Waals surface area contributed by atoms with E-state index in [1.165, 1.54) is 4.90 Å². The van der Waals surface area contributed by atoms with Crippen LogP contribution in [0.15, 0.2) is 47.5 Å². The largest absolute Gasteiger partial charge is 0.328 e. The number of rotatable bonds is 3. The van der Waals surface area contributed by atoms with E-state index in [0.717, 1.165) is 23.8 Å². The van der Waals surface area contributed by atoms with Gasteiger partial charge < -0.3 is 4.90 Å². The third-order valence-corrected chi connectivity index (χ3v) is 4.60. The second-order valence-electron chi connectivity index (χ2n) is 6.19. The number of hydrogen-bond donors (Lipinski definition) is 0. The lowest BCUT2D eigenvalue weighted by molar-refractivity contribution is 0.0328. The minimum Gasteiger partial charge on any atom is -0.328 e. The molecule has 0 amide bonds. The van der Waals surface area contributed by atoms with E-state index >= 15 is 0 Å². The molecule has 0 aromatic heterocycles. The van der Waals surface area contributed by atoms with Crippen LogP contribution in [0.3, 0.4) is 0 Å². The van der Waals surface area contributed by atoms with Crippen LogP contribution in [-0.2, 0) is 0 Å². The molecule has 0 radical (unpaired) electrons. The molecule has 0 fully saturated rings. The molecule has 2 nitrogen and oxygen atoms in total. The minimum absolute atomic E-state index is 0.182. The van der Waals surface area contributed by atoms with E-state index in [-0.39, 0.29) is 6.54 Å². The van der Waals surface area contributed by atoms with Crippen LogP contribution >= 0.6 is 23.8 Å². The third-order valence-electron chi connectivity index (χ3n) is 4.01. The van der Waals surface area contributed by atoms with Gasteiger partial charge in [-0.2, -0.15) is 0 Å². The van der Waals surface area contributed by atoms with Gasteiger partial charge in [-0.25, -0.2) is 8.78 Å². The minimum atomic E-state index is -2.88. The van der Waals surface area contributed by atoms with Gasteiger partial charge in [0.1, 0.15) is 4.99 Å². The molecule has 2 aromatic rings. The number of nitrogens with zero attached hydrogens (tertiary/aromatic N) is 2. The number of halogens is 3. The Morgan fingerprint density at radius 3 is 2.60 bits per heavy atom. The van der Waals surface area contributed by atoms with Crippen molar-refractivity contribution in [3.05, 3.63) is 64.2 Å². The van der Waals surface area contributed by atoms with Gasteiger partial charge in [0.05, 0.1) is 24.5 Å². The Morgan fingerprint density at radius 2 is 1.92 bits per heavy atom. The number of anilines is 1. The highest BCUT2D eigenvalue weighted by atomic mass is 35.5. The summed E-state index contributed by atoms with van der Waals surface area (Å²) >= 11 is 11.6. The summed E-state index contributed by atoms with van der Waals surface area (Å²) in [5, 5.41) is 0.524. The summed E-state index contributed by atoms with van der Waals surface area (Å²) in [7, 11) is 0. The maximum Gasteiger partial charge on any atom is 0.262 e. The highest BCUT2D eigenvalue weighted by Crippen LogP contribution is 2.32. The molecule has 0 aliphatic carbocycles. The van der Waals surface area contributed by atoms with Gasteiger partial charge >= 0.3 is 0 Å². The molecule has 0 saturated heterocycles. The van der Waals surface area contributed by atoms with Crippen LogP contribution < -0.4 is 4.90 Å². The SMILES string of the molecule is Cc1ccccc1C1=NCC(=S)N(CC(C)(F)F)c2ccc(Cl)cc21. The predicted molar refractivity (Wildman–Crippen MR) is 104 cm³/mol. The zero-order valence-corrected chi connectivity index (χ0v) is 15.5. The van der Waals surface area contributed by atoms with Gasteiger partial charge in [0.15, 0.2) is 0 Å². The Kier molecular flexibility index (Phi) is 4.89. The van der Waals surface area contributed by atoms with Crippen molar-refractivity contribution < 1.29 is 8.78 Å². The lowest BCUT2D eigenvalue weighted by Gasteiger charge is -2.28. The van der Waals surface area contributed by atoms with Gasteiger partial charge in [0, 0.05) is 23.1 Å². The first-order chi connectivity index (χ1) is 11.8. The summed E-state index contributed by atoms with van der Waals surface area (Å²) < 4.78 is 27.4. The Morgan fingerprint density at radius 1 is 1.20 bits per heavy atom. The second kappa shape index (κ2) is 6.81. The summed E-state index contributed by atoms with van der Waals surface area (Å²) in [6.45, 7) is 2.57. The summed E-state index contributed by atoms with van der Waals surface area (Å²) in [6, 6.07) is 13.0. The van der Waals surface area contributed by atoms with Gasteiger partial charge in [-0.1, -0.05) is 48.1 Å². The van der Waals surface area contributed by atoms with Crippen molar-refractivity contribution in [2.75, 3.05) is 18.0 Å². The Hall–Kier alpha value is -1.85. The molecule has 130 valence electrons. The topological polar surface area (TPSA) is 15.6 Å². The fourth-order valence-electron chi connectivity index (χ4n) is 2.90. The van der Waals surface area contributed by atoms with E-state index in [1.54, 1.807) is 18.2 Å². The molecule has 0 spiro atoms. The van der Waals surface area contributed by atoms with Gasteiger partial charge in [-0.3, -0.25) is 4.99 Å². The van der Waals surface area contributed by atoms with Crippen LogP contribution in [0.4, 0.5) is 14.5 Å². The fraction of sp³-hybridized carbons (Fsp3) is 0.263. The van der Waals surface area contributed by atoms with Crippen LogP contribution in [-0.4, -0.2) is 29.7 Å². The van der Waals surface area contributed by atoms with Crippen molar-refractivity contribution in [2.45, 2.75) is 19.8 Å². The number of hydrogen-bond acceptors (Lipinski definition) is 2. The van der Waals surface area contributed by atoms with Crippen LogP contribution in [0, 0.1) is 6.92 Å². The molecular formula is C19H17ClF2N2S. The average Bonchev–Trinajstić information content (AvgIpc) is 2.65. The monoisotopic (exact) mass is 378 g/mol. The molecule has 0 unspecified atom stereocenters. The Bertz CT molecular complexity index is 859. The van der Waals surface area contributed by atoms with Gasteiger partial charge in [0.25, 0.3) is 5.92 Å².